The third kappa shape index (κ3) is 3.20. The van der Waals surface area contributed by atoms with Gasteiger partial charge in [0.2, 0.25) is 0 Å². The molecule has 1 nitrogen and oxygen atoms in total. The first-order chi connectivity index (χ1) is 9.70. The molecule has 0 spiro atoms. The Balaban J connectivity index is 2.38. The fourth-order valence-corrected chi connectivity index (χ4v) is 2.19. The van der Waals surface area contributed by atoms with E-state index in [-0.39, 0.29) is 29.8 Å². The van der Waals surface area contributed by atoms with Crippen molar-refractivity contribution in [1.29, 1.82) is 0 Å². The highest BCUT2D eigenvalue weighted by Gasteiger charge is 2.38. The number of Topliss-reactive ketones (excluding diaryl/α,β-unsaturated/α-hetero) is 1. The van der Waals surface area contributed by atoms with Gasteiger partial charge in [-0.05, 0) is 35.3 Å². The van der Waals surface area contributed by atoms with Crippen LogP contribution < -0.4 is 0 Å². The quantitative estimate of drug-likeness (QED) is 0.725. The lowest BCUT2D eigenvalue weighted by Gasteiger charge is -2.16. The molecule has 0 N–H and O–H groups in total. The summed E-state index contributed by atoms with van der Waals surface area (Å²) >= 11 is 0. The molecule has 112 valence electrons. The summed E-state index contributed by atoms with van der Waals surface area (Å²) in [7, 11) is 0. The first-order valence-corrected chi connectivity index (χ1v) is 6.16. The Morgan fingerprint density at radius 1 is 1.10 bits per heavy atom. The third-order valence-corrected chi connectivity index (χ3v) is 3.31. The summed E-state index contributed by atoms with van der Waals surface area (Å²) in [4.78, 5) is 11.1. The summed E-state index contributed by atoms with van der Waals surface area (Å²) in [6.45, 7) is 3.65. The molecule has 1 aromatic carbocycles. The van der Waals surface area contributed by atoms with Crippen LogP contribution in [0.3, 0.4) is 0 Å². The van der Waals surface area contributed by atoms with Gasteiger partial charge >= 0.3 is 6.18 Å². The number of carbonyl (C=O) groups excluding carboxylic acids is 1. The van der Waals surface area contributed by atoms with Crippen LogP contribution in [0.15, 0.2) is 30.4 Å². The molecule has 0 bridgehead atoms. The van der Waals surface area contributed by atoms with Crippen molar-refractivity contribution in [3.63, 3.8) is 0 Å². The molecule has 0 saturated carbocycles. The number of hydrogen-bond acceptors (Lipinski definition) is 1. The highest BCUT2D eigenvalue weighted by Crippen LogP contribution is 2.36. The molecule has 0 aliphatic heterocycles. The van der Waals surface area contributed by atoms with Gasteiger partial charge in [0.05, 0.1) is 0 Å². The minimum absolute atomic E-state index is 0.0383. The van der Waals surface area contributed by atoms with Gasteiger partial charge in [-0.3, -0.25) is 4.79 Å². The summed E-state index contributed by atoms with van der Waals surface area (Å²) in [6.07, 6.45) is -2.66. The minimum Gasteiger partial charge on any atom is -0.299 e. The molecule has 0 heterocycles. The van der Waals surface area contributed by atoms with Crippen molar-refractivity contribution in [2.24, 2.45) is 0 Å². The molecule has 2 rings (SSSR count). The Bertz CT molecular complexity index is 617. The summed E-state index contributed by atoms with van der Waals surface area (Å²) in [5.41, 5.74) is -1.12. The van der Waals surface area contributed by atoms with Crippen LogP contribution in [0.2, 0.25) is 0 Å². The summed E-state index contributed by atoms with van der Waals surface area (Å²) in [5.74, 6) is -3.31. The molecule has 0 atom stereocenters. The smallest absolute Gasteiger partial charge is 0.299 e. The van der Waals surface area contributed by atoms with E-state index in [2.05, 4.69) is 6.58 Å². The lowest BCUT2D eigenvalue weighted by Crippen LogP contribution is -2.12. The maximum absolute atomic E-state index is 13.5. The number of hydrogen-bond donors (Lipinski definition) is 0. The Morgan fingerprint density at radius 2 is 1.67 bits per heavy atom. The van der Waals surface area contributed by atoms with Crippen molar-refractivity contribution in [2.45, 2.75) is 25.4 Å². The Morgan fingerprint density at radius 3 is 2.10 bits per heavy atom. The second-order valence-electron chi connectivity index (χ2n) is 4.76. The Kier molecular flexibility index (Phi) is 3.98. The highest BCUT2D eigenvalue weighted by atomic mass is 19.4. The Hall–Kier alpha value is -1.98. The summed E-state index contributed by atoms with van der Waals surface area (Å²) in [5, 5.41) is 0. The molecule has 0 amide bonds. The molecule has 0 unspecified atom stereocenters. The largest absolute Gasteiger partial charge is 0.422 e. The average Bonchev–Trinajstić information content (AvgIpc) is 2.36. The molecule has 6 heteroatoms. The van der Waals surface area contributed by atoms with Gasteiger partial charge in [0.25, 0.3) is 0 Å². The van der Waals surface area contributed by atoms with Crippen molar-refractivity contribution in [2.75, 3.05) is 0 Å². The fraction of sp³-hybridized carbons (Fsp3) is 0.267. The van der Waals surface area contributed by atoms with Crippen molar-refractivity contribution >= 4 is 11.4 Å². The first-order valence-electron chi connectivity index (χ1n) is 6.16. The van der Waals surface area contributed by atoms with E-state index in [4.69, 9.17) is 0 Å². The van der Waals surface area contributed by atoms with Gasteiger partial charge in [0.1, 0.15) is 23.0 Å². The van der Waals surface area contributed by atoms with Crippen molar-refractivity contribution < 1.29 is 26.7 Å². The van der Waals surface area contributed by atoms with E-state index >= 15 is 0 Å². The molecule has 0 aromatic heterocycles. The molecular formula is C15H11F5O. The van der Waals surface area contributed by atoms with Crippen LogP contribution in [0.1, 0.15) is 30.4 Å². The normalized spacial score (nSPS) is 15.9. The van der Waals surface area contributed by atoms with Crippen LogP contribution in [0.25, 0.3) is 5.57 Å². The van der Waals surface area contributed by atoms with Crippen LogP contribution in [0, 0.1) is 11.6 Å². The molecule has 21 heavy (non-hydrogen) atoms. The van der Waals surface area contributed by atoms with E-state index < -0.39 is 23.4 Å². The van der Waals surface area contributed by atoms with Crippen LogP contribution in [-0.4, -0.2) is 5.78 Å². The topological polar surface area (TPSA) is 17.1 Å². The lowest BCUT2D eigenvalue weighted by molar-refractivity contribution is -0.142. The number of halogens is 5. The first kappa shape index (κ1) is 15.4. The van der Waals surface area contributed by atoms with Gasteiger partial charge in [0, 0.05) is 12.8 Å². The van der Waals surface area contributed by atoms with E-state index in [9.17, 15) is 26.7 Å². The fourth-order valence-electron chi connectivity index (χ4n) is 2.19. The molecule has 1 aliphatic carbocycles. The molecule has 1 aliphatic rings. The van der Waals surface area contributed by atoms with Gasteiger partial charge in [-0.2, -0.15) is 13.2 Å². The zero-order valence-corrected chi connectivity index (χ0v) is 10.9. The van der Waals surface area contributed by atoms with Crippen LogP contribution in [0.5, 0.6) is 0 Å². The molecule has 0 radical (unpaired) electrons. The van der Waals surface area contributed by atoms with Gasteiger partial charge in [-0.25, -0.2) is 8.78 Å². The summed E-state index contributed by atoms with van der Waals surface area (Å²) < 4.78 is 64.5. The van der Waals surface area contributed by atoms with E-state index in [1.807, 2.05) is 0 Å². The lowest BCUT2D eigenvalue weighted by atomic mass is 9.89. The van der Waals surface area contributed by atoms with Gasteiger partial charge in [0.15, 0.2) is 0 Å². The predicted octanol–water partition coefficient (Wildman–Crippen LogP) is 4.68. The molecule has 0 fully saturated rings. The van der Waals surface area contributed by atoms with Crippen molar-refractivity contribution in [3.05, 3.63) is 53.1 Å². The zero-order chi connectivity index (χ0) is 15.8. The second-order valence-corrected chi connectivity index (χ2v) is 4.76. The van der Waals surface area contributed by atoms with Crippen molar-refractivity contribution in [3.8, 4) is 0 Å². The zero-order valence-electron chi connectivity index (χ0n) is 10.9. The number of allylic oxidation sites excluding steroid dienone is 3. The van der Waals surface area contributed by atoms with E-state index in [1.54, 1.807) is 6.08 Å². The molecule has 1 aromatic rings. The van der Waals surface area contributed by atoms with Crippen LogP contribution in [0.4, 0.5) is 22.0 Å². The predicted molar refractivity (Wildman–Crippen MR) is 67.3 cm³/mol. The number of benzene rings is 1. The van der Waals surface area contributed by atoms with Gasteiger partial charge in [-0.15, -0.1) is 0 Å². The monoisotopic (exact) mass is 302 g/mol. The average molecular weight is 302 g/mol. The third-order valence-electron chi connectivity index (χ3n) is 3.31. The van der Waals surface area contributed by atoms with Gasteiger partial charge < -0.3 is 0 Å². The molecular weight excluding hydrogens is 291 g/mol. The molecule has 0 saturated heterocycles. The van der Waals surface area contributed by atoms with E-state index in [1.165, 1.54) is 0 Å². The number of carbonyl (C=O) groups is 1. The number of rotatable bonds is 2. The highest BCUT2D eigenvalue weighted by molar-refractivity contribution is 5.86. The van der Waals surface area contributed by atoms with E-state index in [0.717, 1.165) is 0 Å². The summed E-state index contributed by atoms with van der Waals surface area (Å²) in [6, 6.07) is 1.23. The number of alkyl halides is 3. The van der Waals surface area contributed by atoms with Crippen molar-refractivity contribution in [1.82, 2.24) is 0 Å². The SMILES string of the molecule is C=C(C1=CCC(=O)CC1)c1cc(F)c(C(F)(F)F)c(F)c1. The minimum atomic E-state index is -5.09. The second kappa shape index (κ2) is 5.42. The van der Waals surface area contributed by atoms with Crippen LogP contribution in [-0.2, 0) is 11.0 Å². The maximum atomic E-state index is 13.5. The number of ketones is 1. The van der Waals surface area contributed by atoms with Crippen LogP contribution >= 0.6 is 0 Å². The van der Waals surface area contributed by atoms with E-state index in [0.29, 0.717) is 24.1 Å². The van der Waals surface area contributed by atoms with Gasteiger partial charge in [-0.1, -0.05) is 12.7 Å². The standard InChI is InChI=1S/C15H11F5O/c1-8(9-2-4-11(21)5-3-9)10-6-12(16)14(13(17)7-10)15(18,19)20/h2,6-7H,1,3-5H2. The maximum Gasteiger partial charge on any atom is 0.422 e. The Labute approximate surface area is 117 Å².